The molecule has 1 aromatic heterocycles. The lowest BCUT2D eigenvalue weighted by molar-refractivity contribution is 0.120. The van der Waals surface area contributed by atoms with E-state index in [2.05, 4.69) is 27.5 Å². The molecular formula is C14H24N4OS2. The topological polar surface area (TPSA) is 50.3 Å². The Hall–Kier alpha value is -0.370. The largest absolute Gasteiger partial charge is 0.376 e. The second kappa shape index (κ2) is 7.76. The Balaban J connectivity index is 1.39. The highest BCUT2D eigenvalue weighted by molar-refractivity contribution is 8.01. The van der Waals surface area contributed by atoms with Crippen molar-refractivity contribution in [2.24, 2.45) is 5.92 Å². The summed E-state index contributed by atoms with van der Waals surface area (Å²) in [6, 6.07) is 0. The molecule has 5 nitrogen and oxygen atoms in total. The molecule has 3 rings (SSSR count). The van der Waals surface area contributed by atoms with Crippen molar-refractivity contribution < 1.29 is 4.74 Å². The van der Waals surface area contributed by atoms with Crippen LogP contribution in [0.4, 0.5) is 5.13 Å². The van der Waals surface area contributed by atoms with Crippen molar-refractivity contribution >= 4 is 28.2 Å². The summed E-state index contributed by atoms with van der Waals surface area (Å²) >= 11 is 3.52. The molecule has 0 aliphatic carbocycles. The fourth-order valence-corrected chi connectivity index (χ4v) is 4.85. The lowest BCUT2D eigenvalue weighted by Gasteiger charge is -2.29. The van der Waals surface area contributed by atoms with Gasteiger partial charge in [-0.05, 0) is 45.2 Å². The number of rotatable bonds is 6. The highest BCUT2D eigenvalue weighted by Gasteiger charge is 2.19. The van der Waals surface area contributed by atoms with Gasteiger partial charge in [0.05, 0.1) is 6.10 Å². The highest BCUT2D eigenvalue weighted by Crippen LogP contribution is 2.29. The number of likely N-dealkylation sites (tertiary alicyclic amines) is 1. The van der Waals surface area contributed by atoms with Crippen LogP contribution in [0.15, 0.2) is 4.34 Å². The fourth-order valence-electron chi connectivity index (χ4n) is 2.94. The van der Waals surface area contributed by atoms with Gasteiger partial charge in [-0.1, -0.05) is 23.1 Å². The Labute approximate surface area is 134 Å². The molecule has 1 N–H and O–H groups in total. The molecule has 0 aromatic carbocycles. The lowest BCUT2D eigenvalue weighted by Crippen LogP contribution is -2.33. The van der Waals surface area contributed by atoms with Crippen molar-refractivity contribution in [2.45, 2.75) is 36.1 Å². The molecule has 0 saturated carbocycles. The van der Waals surface area contributed by atoms with Crippen LogP contribution < -0.4 is 5.32 Å². The molecule has 2 atom stereocenters. The molecule has 21 heavy (non-hydrogen) atoms. The number of hydrogen-bond donors (Lipinski definition) is 1. The van der Waals surface area contributed by atoms with Gasteiger partial charge in [0, 0.05) is 25.4 Å². The molecule has 2 unspecified atom stereocenters. The summed E-state index contributed by atoms with van der Waals surface area (Å²) in [6.45, 7) is 4.22. The van der Waals surface area contributed by atoms with E-state index >= 15 is 0 Å². The zero-order chi connectivity index (χ0) is 14.5. The molecule has 1 aromatic rings. The van der Waals surface area contributed by atoms with Gasteiger partial charge in [0.15, 0.2) is 4.34 Å². The SMILES string of the molecule is CN1CCCC(CSc2nnc(NCC3CCCO3)s2)C1. The quantitative estimate of drug-likeness (QED) is 0.810. The number of nitrogens with zero attached hydrogens (tertiary/aromatic N) is 3. The minimum Gasteiger partial charge on any atom is -0.376 e. The molecule has 0 bridgehead atoms. The van der Waals surface area contributed by atoms with Crippen molar-refractivity contribution in [1.29, 1.82) is 0 Å². The third-order valence-corrected chi connectivity index (χ3v) is 6.32. The second-order valence-corrected chi connectivity index (χ2v) is 8.22. The molecule has 3 heterocycles. The van der Waals surface area contributed by atoms with Crippen LogP contribution in [-0.2, 0) is 4.74 Å². The summed E-state index contributed by atoms with van der Waals surface area (Å²) in [5.41, 5.74) is 0. The summed E-state index contributed by atoms with van der Waals surface area (Å²) in [7, 11) is 2.22. The van der Waals surface area contributed by atoms with Crippen LogP contribution in [0, 0.1) is 5.92 Å². The van der Waals surface area contributed by atoms with Crippen LogP contribution in [0.3, 0.4) is 0 Å². The van der Waals surface area contributed by atoms with Gasteiger partial charge >= 0.3 is 0 Å². The Kier molecular flexibility index (Phi) is 5.74. The van der Waals surface area contributed by atoms with Crippen LogP contribution in [0.1, 0.15) is 25.7 Å². The predicted molar refractivity (Wildman–Crippen MR) is 88.3 cm³/mol. The lowest BCUT2D eigenvalue weighted by atomic mass is 10.0. The average Bonchev–Trinajstić information content (AvgIpc) is 3.15. The van der Waals surface area contributed by atoms with Crippen molar-refractivity contribution in [2.75, 3.05) is 44.4 Å². The summed E-state index contributed by atoms with van der Waals surface area (Å²) in [5, 5.41) is 12.8. The molecule has 0 spiro atoms. The van der Waals surface area contributed by atoms with E-state index in [1.807, 2.05) is 11.8 Å². The van der Waals surface area contributed by atoms with E-state index in [0.29, 0.717) is 6.10 Å². The van der Waals surface area contributed by atoms with E-state index in [9.17, 15) is 0 Å². The molecule has 2 aliphatic heterocycles. The van der Waals surface area contributed by atoms with Crippen LogP contribution in [0.5, 0.6) is 0 Å². The molecule has 7 heteroatoms. The van der Waals surface area contributed by atoms with Crippen LogP contribution in [-0.4, -0.2) is 60.2 Å². The first-order valence-corrected chi connectivity index (χ1v) is 9.60. The number of thioether (sulfide) groups is 1. The standard InChI is InChI=1S/C14H24N4OS2/c1-18-6-2-4-11(9-18)10-20-14-17-16-13(21-14)15-8-12-5-3-7-19-12/h11-12H,2-10H2,1H3,(H,15,16). The van der Waals surface area contributed by atoms with Gasteiger partial charge in [-0.25, -0.2) is 0 Å². The Bertz CT molecular complexity index is 436. The molecule has 0 amide bonds. The summed E-state index contributed by atoms with van der Waals surface area (Å²) < 4.78 is 6.68. The summed E-state index contributed by atoms with van der Waals surface area (Å²) in [5.74, 6) is 1.95. The minimum atomic E-state index is 0.350. The average molecular weight is 329 g/mol. The first kappa shape index (κ1) is 15.5. The third kappa shape index (κ3) is 4.81. The minimum absolute atomic E-state index is 0.350. The number of aromatic nitrogens is 2. The van der Waals surface area contributed by atoms with E-state index in [1.165, 1.54) is 32.4 Å². The molecular weight excluding hydrogens is 304 g/mol. The predicted octanol–water partition coefficient (Wildman–Crippen LogP) is 2.56. The van der Waals surface area contributed by atoms with Gasteiger partial charge in [-0.15, -0.1) is 10.2 Å². The number of anilines is 1. The van der Waals surface area contributed by atoms with Gasteiger partial charge in [-0.2, -0.15) is 0 Å². The van der Waals surface area contributed by atoms with Crippen LogP contribution >= 0.6 is 23.1 Å². The van der Waals surface area contributed by atoms with Crippen molar-refractivity contribution in [3.05, 3.63) is 0 Å². The van der Waals surface area contributed by atoms with Gasteiger partial charge in [0.2, 0.25) is 5.13 Å². The van der Waals surface area contributed by atoms with Crippen molar-refractivity contribution in [3.63, 3.8) is 0 Å². The first-order valence-electron chi connectivity index (χ1n) is 7.80. The van der Waals surface area contributed by atoms with Gasteiger partial charge < -0.3 is 15.0 Å². The van der Waals surface area contributed by atoms with E-state index in [0.717, 1.165) is 40.7 Å². The van der Waals surface area contributed by atoms with Crippen molar-refractivity contribution in [1.82, 2.24) is 15.1 Å². The van der Waals surface area contributed by atoms with E-state index < -0.39 is 0 Å². The number of ether oxygens (including phenoxy) is 1. The molecule has 2 saturated heterocycles. The zero-order valence-electron chi connectivity index (χ0n) is 12.6. The highest BCUT2D eigenvalue weighted by atomic mass is 32.2. The Morgan fingerprint density at radius 3 is 3.14 bits per heavy atom. The van der Waals surface area contributed by atoms with Crippen LogP contribution in [0.25, 0.3) is 0 Å². The van der Waals surface area contributed by atoms with E-state index in [1.54, 1.807) is 11.3 Å². The molecule has 118 valence electrons. The number of hydrogen-bond acceptors (Lipinski definition) is 7. The maximum Gasteiger partial charge on any atom is 0.206 e. The fraction of sp³-hybridized carbons (Fsp3) is 0.857. The third-order valence-electron chi connectivity index (χ3n) is 4.08. The summed E-state index contributed by atoms with van der Waals surface area (Å²) in [4.78, 5) is 2.43. The van der Waals surface area contributed by atoms with Crippen molar-refractivity contribution in [3.8, 4) is 0 Å². The smallest absolute Gasteiger partial charge is 0.206 e. The Morgan fingerprint density at radius 1 is 1.38 bits per heavy atom. The first-order chi connectivity index (χ1) is 10.3. The molecule has 2 fully saturated rings. The normalized spacial score (nSPS) is 27.1. The number of piperidine rings is 1. The maximum absolute atomic E-state index is 5.60. The van der Waals surface area contributed by atoms with Gasteiger partial charge in [0.25, 0.3) is 0 Å². The van der Waals surface area contributed by atoms with Crippen LogP contribution in [0.2, 0.25) is 0 Å². The number of nitrogens with one attached hydrogen (secondary N) is 1. The Morgan fingerprint density at radius 2 is 2.33 bits per heavy atom. The van der Waals surface area contributed by atoms with E-state index in [4.69, 9.17) is 4.74 Å². The molecule has 2 aliphatic rings. The zero-order valence-corrected chi connectivity index (χ0v) is 14.2. The van der Waals surface area contributed by atoms with Gasteiger partial charge in [-0.3, -0.25) is 0 Å². The summed E-state index contributed by atoms with van der Waals surface area (Å²) in [6.07, 6.45) is 5.36. The monoisotopic (exact) mass is 328 g/mol. The van der Waals surface area contributed by atoms with E-state index in [-0.39, 0.29) is 0 Å². The maximum atomic E-state index is 5.60. The van der Waals surface area contributed by atoms with Gasteiger partial charge in [0.1, 0.15) is 0 Å². The second-order valence-electron chi connectivity index (χ2n) is 5.97. The molecule has 0 radical (unpaired) electrons.